The molecule has 1 aromatic carbocycles. The van der Waals surface area contributed by atoms with E-state index in [2.05, 4.69) is 39.6 Å². The van der Waals surface area contributed by atoms with E-state index < -0.39 is 0 Å². The molecule has 0 spiro atoms. The summed E-state index contributed by atoms with van der Waals surface area (Å²) in [5.74, 6) is 2.71. The van der Waals surface area contributed by atoms with Gasteiger partial charge in [0.05, 0.1) is 7.11 Å². The van der Waals surface area contributed by atoms with Gasteiger partial charge in [0.15, 0.2) is 5.96 Å². The van der Waals surface area contributed by atoms with Crippen LogP contribution in [0.1, 0.15) is 38.2 Å². The zero-order valence-corrected chi connectivity index (χ0v) is 16.8. The second kappa shape index (κ2) is 11.8. The molecule has 0 atom stereocenters. The lowest BCUT2D eigenvalue weighted by Gasteiger charge is -2.30. The number of unbranched alkanes of at least 4 members (excludes halogenated alkanes) is 1. The number of nitrogens with zero attached hydrogens (tertiary/aromatic N) is 2. The Morgan fingerprint density at radius 1 is 1.12 bits per heavy atom. The van der Waals surface area contributed by atoms with Crippen molar-refractivity contribution < 1.29 is 4.74 Å². The molecule has 0 bridgehead atoms. The van der Waals surface area contributed by atoms with Crippen molar-refractivity contribution in [3.05, 3.63) is 29.8 Å². The predicted molar refractivity (Wildman–Crippen MR) is 110 cm³/mol. The van der Waals surface area contributed by atoms with Gasteiger partial charge in [-0.05, 0) is 75.4 Å². The summed E-state index contributed by atoms with van der Waals surface area (Å²) in [4.78, 5) is 6.92. The van der Waals surface area contributed by atoms with Crippen molar-refractivity contribution in [3.8, 4) is 5.75 Å². The van der Waals surface area contributed by atoms with E-state index in [1.165, 1.54) is 50.9 Å². The van der Waals surface area contributed by atoms with Crippen LogP contribution in [0.4, 0.5) is 0 Å². The number of likely N-dealkylation sites (tertiary alicyclic amines) is 1. The highest BCUT2D eigenvalue weighted by molar-refractivity contribution is 5.79. The molecule has 0 aromatic heterocycles. The van der Waals surface area contributed by atoms with E-state index >= 15 is 0 Å². The molecule has 5 heteroatoms. The van der Waals surface area contributed by atoms with Gasteiger partial charge in [0.2, 0.25) is 0 Å². The molecule has 26 heavy (non-hydrogen) atoms. The number of rotatable bonds is 9. The second-order valence-electron chi connectivity index (χ2n) is 7.26. The highest BCUT2D eigenvalue weighted by Gasteiger charge is 2.14. The van der Waals surface area contributed by atoms with Crippen LogP contribution in [-0.2, 0) is 6.42 Å². The highest BCUT2D eigenvalue weighted by Crippen LogP contribution is 2.16. The number of piperidine rings is 1. The van der Waals surface area contributed by atoms with Gasteiger partial charge in [-0.1, -0.05) is 19.1 Å². The van der Waals surface area contributed by atoms with E-state index in [9.17, 15) is 0 Å². The summed E-state index contributed by atoms with van der Waals surface area (Å²) in [6.45, 7) is 8.02. The summed E-state index contributed by atoms with van der Waals surface area (Å²) in [6, 6.07) is 8.23. The fourth-order valence-electron chi connectivity index (χ4n) is 3.29. The molecule has 0 radical (unpaired) electrons. The van der Waals surface area contributed by atoms with Crippen LogP contribution in [0.3, 0.4) is 0 Å². The first-order chi connectivity index (χ1) is 12.7. The number of hydrogen-bond donors (Lipinski definition) is 2. The Kier molecular flexibility index (Phi) is 9.32. The SMILES string of the molecule is CN=C(NCCCCN1CCC(C)CC1)NCCc1ccc(OC)cc1. The first-order valence-electron chi connectivity index (χ1n) is 10.0. The molecule has 1 saturated heterocycles. The van der Waals surface area contributed by atoms with Crippen molar-refractivity contribution in [2.45, 2.75) is 39.0 Å². The lowest BCUT2D eigenvalue weighted by Crippen LogP contribution is -2.39. The molecule has 146 valence electrons. The summed E-state index contributed by atoms with van der Waals surface area (Å²) in [5.41, 5.74) is 1.30. The Hall–Kier alpha value is -1.75. The van der Waals surface area contributed by atoms with Crippen LogP contribution in [-0.4, -0.2) is 57.7 Å². The minimum atomic E-state index is 0.873. The summed E-state index contributed by atoms with van der Waals surface area (Å²) in [6.07, 6.45) is 6.14. The van der Waals surface area contributed by atoms with Crippen LogP contribution in [0.2, 0.25) is 0 Å². The number of benzene rings is 1. The van der Waals surface area contributed by atoms with Gasteiger partial charge < -0.3 is 20.3 Å². The van der Waals surface area contributed by atoms with Crippen molar-refractivity contribution in [2.24, 2.45) is 10.9 Å². The largest absolute Gasteiger partial charge is 0.497 e. The minimum absolute atomic E-state index is 0.873. The van der Waals surface area contributed by atoms with Crippen LogP contribution in [0.5, 0.6) is 5.75 Å². The van der Waals surface area contributed by atoms with Gasteiger partial charge in [-0.2, -0.15) is 0 Å². The molecular formula is C21H36N4O. The van der Waals surface area contributed by atoms with E-state index in [4.69, 9.17) is 4.74 Å². The molecule has 1 aliphatic heterocycles. The first kappa shape index (κ1) is 20.6. The number of hydrogen-bond acceptors (Lipinski definition) is 3. The molecule has 1 fully saturated rings. The van der Waals surface area contributed by atoms with E-state index in [-0.39, 0.29) is 0 Å². The van der Waals surface area contributed by atoms with Gasteiger partial charge >= 0.3 is 0 Å². The van der Waals surface area contributed by atoms with Crippen LogP contribution >= 0.6 is 0 Å². The van der Waals surface area contributed by atoms with Crippen molar-refractivity contribution in [1.82, 2.24) is 15.5 Å². The molecule has 5 nitrogen and oxygen atoms in total. The topological polar surface area (TPSA) is 48.9 Å². The van der Waals surface area contributed by atoms with Crippen LogP contribution in [0.25, 0.3) is 0 Å². The van der Waals surface area contributed by atoms with Gasteiger partial charge in [0.1, 0.15) is 5.75 Å². The Bertz CT molecular complexity index is 521. The minimum Gasteiger partial charge on any atom is -0.497 e. The van der Waals surface area contributed by atoms with E-state index in [0.29, 0.717) is 0 Å². The zero-order chi connectivity index (χ0) is 18.6. The van der Waals surface area contributed by atoms with Gasteiger partial charge in [-0.25, -0.2) is 0 Å². The maximum Gasteiger partial charge on any atom is 0.190 e. The highest BCUT2D eigenvalue weighted by atomic mass is 16.5. The third-order valence-electron chi connectivity index (χ3n) is 5.16. The van der Waals surface area contributed by atoms with Gasteiger partial charge in [-0.3, -0.25) is 4.99 Å². The maximum atomic E-state index is 5.19. The van der Waals surface area contributed by atoms with Crippen molar-refractivity contribution in [3.63, 3.8) is 0 Å². The standard InChI is InChI=1S/C21H36N4O/c1-18-11-16-25(17-12-18)15-5-4-13-23-21(22-2)24-14-10-19-6-8-20(26-3)9-7-19/h6-9,18H,4-5,10-17H2,1-3H3,(H2,22,23,24). The Balaban J connectivity index is 1.53. The van der Waals surface area contributed by atoms with Gasteiger partial charge in [0, 0.05) is 20.1 Å². The van der Waals surface area contributed by atoms with Crippen LogP contribution in [0, 0.1) is 5.92 Å². The van der Waals surface area contributed by atoms with Crippen molar-refractivity contribution >= 4 is 5.96 Å². The molecule has 0 aliphatic carbocycles. The molecular weight excluding hydrogens is 324 g/mol. The molecule has 1 heterocycles. The normalized spacial score (nSPS) is 16.5. The molecule has 1 aromatic rings. The third kappa shape index (κ3) is 7.65. The third-order valence-corrected chi connectivity index (χ3v) is 5.16. The number of ether oxygens (including phenoxy) is 1. The molecule has 0 saturated carbocycles. The van der Waals surface area contributed by atoms with Gasteiger partial charge in [0.25, 0.3) is 0 Å². The quantitative estimate of drug-likeness (QED) is 0.404. The Morgan fingerprint density at radius 3 is 2.46 bits per heavy atom. The van der Waals surface area contributed by atoms with E-state index in [1.54, 1.807) is 7.11 Å². The predicted octanol–water partition coefficient (Wildman–Crippen LogP) is 2.91. The fourth-order valence-corrected chi connectivity index (χ4v) is 3.29. The molecule has 2 N–H and O–H groups in total. The fraction of sp³-hybridized carbons (Fsp3) is 0.667. The summed E-state index contributed by atoms with van der Waals surface area (Å²) in [5, 5.41) is 6.81. The monoisotopic (exact) mass is 360 g/mol. The van der Waals surface area contributed by atoms with E-state index in [0.717, 1.165) is 37.1 Å². The van der Waals surface area contributed by atoms with Crippen molar-refractivity contribution in [2.75, 3.05) is 46.9 Å². The Morgan fingerprint density at radius 2 is 1.81 bits per heavy atom. The maximum absolute atomic E-state index is 5.19. The zero-order valence-electron chi connectivity index (χ0n) is 16.8. The average molecular weight is 361 g/mol. The number of methoxy groups -OCH3 is 1. The Labute approximate surface area is 159 Å². The number of nitrogens with one attached hydrogen (secondary N) is 2. The average Bonchev–Trinajstić information content (AvgIpc) is 2.68. The molecule has 1 aliphatic rings. The molecule has 0 amide bonds. The van der Waals surface area contributed by atoms with Crippen LogP contribution in [0.15, 0.2) is 29.3 Å². The summed E-state index contributed by atoms with van der Waals surface area (Å²) in [7, 11) is 3.52. The van der Waals surface area contributed by atoms with Crippen molar-refractivity contribution in [1.29, 1.82) is 0 Å². The van der Waals surface area contributed by atoms with Crippen LogP contribution < -0.4 is 15.4 Å². The second-order valence-corrected chi connectivity index (χ2v) is 7.26. The summed E-state index contributed by atoms with van der Waals surface area (Å²) >= 11 is 0. The van der Waals surface area contributed by atoms with E-state index in [1.807, 2.05) is 19.2 Å². The lowest BCUT2D eigenvalue weighted by molar-refractivity contribution is 0.189. The molecule has 2 rings (SSSR count). The number of guanidine groups is 1. The first-order valence-corrected chi connectivity index (χ1v) is 10.0. The molecule has 0 unspecified atom stereocenters. The van der Waals surface area contributed by atoms with Gasteiger partial charge in [-0.15, -0.1) is 0 Å². The lowest BCUT2D eigenvalue weighted by atomic mass is 9.99. The number of aliphatic imine (C=N–C) groups is 1. The summed E-state index contributed by atoms with van der Waals surface area (Å²) < 4.78 is 5.19. The smallest absolute Gasteiger partial charge is 0.190 e.